The Labute approximate surface area is 74.3 Å². The lowest BCUT2D eigenvalue weighted by Gasteiger charge is -1.84. The summed E-state index contributed by atoms with van der Waals surface area (Å²) in [5, 5.41) is 7.24. The molecule has 0 atom stereocenters. The molecule has 0 aliphatic heterocycles. The summed E-state index contributed by atoms with van der Waals surface area (Å²) in [6, 6.07) is 8.06. The van der Waals surface area contributed by atoms with Gasteiger partial charge in [-0.25, -0.2) is 9.50 Å². The van der Waals surface area contributed by atoms with E-state index in [9.17, 15) is 0 Å². The Balaban J connectivity index is 2.80. The van der Waals surface area contributed by atoms with Gasteiger partial charge in [-0.05, 0) is 0 Å². The zero-order chi connectivity index (χ0) is 8.84. The van der Waals surface area contributed by atoms with Gasteiger partial charge in [0.15, 0.2) is 5.65 Å². The second kappa shape index (κ2) is 2.07. The smallest absolute Gasteiger partial charge is 0.163 e. The highest BCUT2D eigenvalue weighted by atomic mass is 15.3. The third-order valence-corrected chi connectivity index (χ3v) is 2.28. The van der Waals surface area contributed by atoms with E-state index >= 15 is 0 Å². The summed E-state index contributed by atoms with van der Waals surface area (Å²) in [7, 11) is 0. The first-order valence-electron chi connectivity index (χ1n) is 4.07. The Morgan fingerprint density at radius 3 is 2.77 bits per heavy atom. The monoisotopic (exact) mass is 169 g/mol. The summed E-state index contributed by atoms with van der Waals surface area (Å²) in [6.07, 6.45) is 1.55. The molecule has 0 spiro atoms. The lowest BCUT2D eigenvalue weighted by Crippen LogP contribution is -2.06. The summed E-state index contributed by atoms with van der Waals surface area (Å²) in [5.41, 5.74) is 0.889. The van der Waals surface area contributed by atoms with Gasteiger partial charge in [0.25, 0.3) is 0 Å². The standard InChI is InChI=1S/C10H7N3/c1-7-8-4-2-3-5-9(8)10-11-6-12-13(7)10/h2-6H,1H2. The molecule has 0 aliphatic rings. The molecule has 3 heteroatoms. The minimum atomic E-state index is 0.889. The van der Waals surface area contributed by atoms with E-state index in [1.165, 1.54) is 0 Å². The minimum Gasteiger partial charge on any atom is -0.215 e. The SMILES string of the molecule is C=c1c2ccccc2c2ncnn12. The van der Waals surface area contributed by atoms with Crippen molar-refractivity contribution in [2.24, 2.45) is 0 Å². The van der Waals surface area contributed by atoms with Gasteiger partial charge < -0.3 is 0 Å². The van der Waals surface area contributed by atoms with Gasteiger partial charge in [-0.15, -0.1) is 0 Å². The first-order chi connectivity index (χ1) is 6.38. The highest BCUT2D eigenvalue weighted by molar-refractivity contribution is 5.95. The van der Waals surface area contributed by atoms with Crippen LogP contribution in [0.2, 0.25) is 0 Å². The Morgan fingerprint density at radius 2 is 1.92 bits per heavy atom. The van der Waals surface area contributed by atoms with Crippen molar-refractivity contribution in [2.75, 3.05) is 0 Å². The van der Waals surface area contributed by atoms with Crippen LogP contribution in [-0.4, -0.2) is 14.6 Å². The normalized spacial score (nSPS) is 11.4. The van der Waals surface area contributed by atoms with Crippen molar-refractivity contribution in [3.8, 4) is 0 Å². The zero-order valence-corrected chi connectivity index (χ0v) is 6.94. The van der Waals surface area contributed by atoms with Crippen LogP contribution in [0.15, 0.2) is 30.6 Å². The number of nitrogens with zero attached hydrogens (tertiary/aromatic N) is 3. The molecule has 0 N–H and O–H groups in total. The van der Waals surface area contributed by atoms with Crippen molar-refractivity contribution in [3.05, 3.63) is 35.9 Å². The first-order valence-corrected chi connectivity index (χ1v) is 4.07. The van der Waals surface area contributed by atoms with Crippen molar-refractivity contribution in [2.45, 2.75) is 0 Å². The highest BCUT2D eigenvalue weighted by Gasteiger charge is 2.05. The van der Waals surface area contributed by atoms with Crippen LogP contribution in [0.1, 0.15) is 0 Å². The van der Waals surface area contributed by atoms with Crippen LogP contribution in [-0.2, 0) is 0 Å². The molecule has 2 heterocycles. The number of aromatic nitrogens is 3. The number of benzene rings is 1. The van der Waals surface area contributed by atoms with Gasteiger partial charge in [0.05, 0.1) is 5.35 Å². The van der Waals surface area contributed by atoms with Crippen molar-refractivity contribution in [1.82, 2.24) is 14.6 Å². The molecular formula is C10H7N3. The minimum absolute atomic E-state index is 0.889. The van der Waals surface area contributed by atoms with Crippen molar-refractivity contribution < 1.29 is 0 Å². The summed E-state index contributed by atoms with van der Waals surface area (Å²) in [6.45, 7) is 3.97. The van der Waals surface area contributed by atoms with Crippen molar-refractivity contribution in [3.63, 3.8) is 0 Å². The van der Waals surface area contributed by atoms with E-state index in [1.807, 2.05) is 24.3 Å². The summed E-state index contributed by atoms with van der Waals surface area (Å²) < 4.78 is 1.77. The zero-order valence-electron chi connectivity index (χ0n) is 6.94. The highest BCUT2D eigenvalue weighted by Crippen LogP contribution is 2.14. The molecule has 13 heavy (non-hydrogen) atoms. The predicted octanol–water partition coefficient (Wildman–Crippen LogP) is 1.01. The van der Waals surface area contributed by atoms with Gasteiger partial charge in [-0.2, -0.15) is 5.10 Å². The second-order valence-electron chi connectivity index (χ2n) is 2.99. The Morgan fingerprint density at radius 1 is 1.15 bits per heavy atom. The maximum atomic E-state index is 4.18. The van der Waals surface area contributed by atoms with E-state index < -0.39 is 0 Å². The van der Waals surface area contributed by atoms with Crippen LogP contribution >= 0.6 is 0 Å². The largest absolute Gasteiger partial charge is 0.215 e. The maximum Gasteiger partial charge on any atom is 0.163 e. The number of rotatable bonds is 0. The predicted molar refractivity (Wildman–Crippen MR) is 51.2 cm³/mol. The van der Waals surface area contributed by atoms with Crippen LogP contribution < -0.4 is 5.35 Å². The van der Waals surface area contributed by atoms with Crippen LogP contribution in [0.25, 0.3) is 23.0 Å². The molecule has 3 rings (SSSR count). The Bertz CT molecular complexity index is 624. The van der Waals surface area contributed by atoms with E-state index in [0.29, 0.717) is 0 Å². The van der Waals surface area contributed by atoms with Gasteiger partial charge in [0, 0.05) is 10.8 Å². The maximum absolute atomic E-state index is 4.18. The van der Waals surface area contributed by atoms with Crippen molar-refractivity contribution >= 4 is 23.0 Å². The van der Waals surface area contributed by atoms with E-state index in [4.69, 9.17) is 0 Å². The summed E-state index contributed by atoms with van der Waals surface area (Å²) in [4.78, 5) is 4.18. The lowest BCUT2D eigenvalue weighted by atomic mass is 10.2. The molecule has 0 bridgehead atoms. The first kappa shape index (κ1) is 6.60. The third-order valence-electron chi connectivity index (χ3n) is 2.28. The van der Waals surface area contributed by atoms with Gasteiger partial charge >= 0.3 is 0 Å². The molecule has 0 saturated heterocycles. The molecule has 0 aliphatic carbocycles. The fourth-order valence-electron chi connectivity index (χ4n) is 1.67. The van der Waals surface area contributed by atoms with E-state index in [1.54, 1.807) is 10.8 Å². The fraction of sp³-hybridized carbons (Fsp3) is 0. The molecule has 0 saturated carbocycles. The van der Waals surface area contributed by atoms with Crippen LogP contribution in [0.5, 0.6) is 0 Å². The number of fused-ring (bicyclic) bond motifs is 3. The summed E-state index contributed by atoms with van der Waals surface area (Å²) in [5.74, 6) is 0. The Kier molecular flexibility index (Phi) is 1.05. The molecule has 62 valence electrons. The molecule has 3 nitrogen and oxygen atoms in total. The lowest BCUT2D eigenvalue weighted by molar-refractivity contribution is 0.951. The van der Waals surface area contributed by atoms with Crippen molar-refractivity contribution in [1.29, 1.82) is 0 Å². The number of hydrogen-bond acceptors (Lipinski definition) is 2. The molecule has 2 aromatic heterocycles. The fourth-order valence-corrected chi connectivity index (χ4v) is 1.67. The quantitative estimate of drug-likeness (QED) is 0.502. The average Bonchev–Trinajstić information content (AvgIpc) is 2.72. The van der Waals surface area contributed by atoms with E-state index in [-0.39, 0.29) is 0 Å². The van der Waals surface area contributed by atoms with Crippen LogP contribution in [0, 0.1) is 0 Å². The van der Waals surface area contributed by atoms with E-state index in [2.05, 4.69) is 16.7 Å². The number of hydrogen-bond donors (Lipinski definition) is 0. The average molecular weight is 169 g/mol. The topological polar surface area (TPSA) is 30.2 Å². The summed E-state index contributed by atoms with van der Waals surface area (Å²) >= 11 is 0. The molecule has 0 unspecified atom stereocenters. The third kappa shape index (κ3) is 0.685. The molecule has 0 fully saturated rings. The van der Waals surface area contributed by atoms with Gasteiger partial charge in [0.1, 0.15) is 6.33 Å². The molecule has 0 radical (unpaired) electrons. The molecular weight excluding hydrogens is 162 g/mol. The van der Waals surface area contributed by atoms with Crippen LogP contribution in [0.4, 0.5) is 0 Å². The van der Waals surface area contributed by atoms with E-state index in [0.717, 1.165) is 21.8 Å². The second-order valence-corrected chi connectivity index (χ2v) is 2.99. The molecule has 0 amide bonds. The van der Waals surface area contributed by atoms with Gasteiger partial charge in [0.2, 0.25) is 0 Å². The molecule has 1 aromatic carbocycles. The van der Waals surface area contributed by atoms with Gasteiger partial charge in [-0.3, -0.25) is 0 Å². The van der Waals surface area contributed by atoms with Gasteiger partial charge in [-0.1, -0.05) is 30.8 Å². The molecule has 3 aromatic rings. The Hall–Kier alpha value is -1.90. The van der Waals surface area contributed by atoms with Crippen LogP contribution in [0.3, 0.4) is 0 Å².